The molecule has 0 bridgehead atoms. The minimum Gasteiger partial charge on any atom is -0.379 e. The van der Waals surface area contributed by atoms with E-state index in [1.54, 1.807) is 12.4 Å². The lowest BCUT2D eigenvalue weighted by Gasteiger charge is -2.28. The van der Waals surface area contributed by atoms with Crippen LogP contribution in [0.1, 0.15) is 11.1 Å². The zero-order valence-corrected chi connectivity index (χ0v) is 19.8. The Morgan fingerprint density at radius 1 is 0.829 bits per heavy atom. The van der Waals surface area contributed by atoms with E-state index in [4.69, 9.17) is 25.2 Å². The summed E-state index contributed by atoms with van der Waals surface area (Å²) in [4.78, 5) is 25.4. The Kier molecular flexibility index (Phi) is 6.15. The number of hydrogen-bond donors (Lipinski definition) is 1. The van der Waals surface area contributed by atoms with Gasteiger partial charge in [-0.3, -0.25) is 4.90 Å². The molecule has 3 aliphatic rings. The van der Waals surface area contributed by atoms with E-state index in [2.05, 4.69) is 48.9 Å². The fraction of sp³-hybridized carbons (Fsp3) is 0.440. The van der Waals surface area contributed by atoms with Crippen molar-refractivity contribution in [2.24, 2.45) is 0 Å². The van der Waals surface area contributed by atoms with Gasteiger partial charge in [0.15, 0.2) is 0 Å². The maximum Gasteiger partial charge on any atom is 0.228 e. The maximum absolute atomic E-state index is 5.74. The van der Waals surface area contributed by atoms with Gasteiger partial charge in [-0.05, 0) is 24.1 Å². The summed E-state index contributed by atoms with van der Waals surface area (Å²) >= 11 is 0. The van der Waals surface area contributed by atoms with E-state index in [-0.39, 0.29) is 5.95 Å². The van der Waals surface area contributed by atoms with E-state index in [1.165, 1.54) is 5.56 Å². The lowest BCUT2D eigenvalue weighted by molar-refractivity contribution is 0.0342. The maximum atomic E-state index is 5.74. The minimum absolute atomic E-state index is 0.256. The normalized spacial score (nSPS) is 18.6. The third kappa shape index (κ3) is 4.64. The van der Waals surface area contributed by atoms with Gasteiger partial charge in [-0.2, -0.15) is 4.98 Å². The smallest absolute Gasteiger partial charge is 0.228 e. The van der Waals surface area contributed by atoms with Crippen molar-refractivity contribution in [3.8, 4) is 11.3 Å². The van der Waals surface area contributed by atoms with Crippen LogP contribution >= 0.6 is 0 Å². The van der Waals surface area contributed by atoms with Crippen molar-refractivity contribution in [2.75, 3.05) is 74.7 Å². The Balaban J connectivity index is 1.32. The molecule has 0 spiro atoms. The Hall–Kier alpha value is -3.34. The Morgan fingerprint density at radius 2 is 1.51 bits per heavy atom. The molecule has 0 atom stereocenters. The number of ether oxygens (including phenoxy) is 2. The van der Waals surface area contributed by atoms with Gasteiger partial charge < -0.3 is 25.0 Å². The van der Waals surface area contributed by atoms with Crippen molar-refractivity contribution in [3.63, 3.8) is 0 Å². The Morgan fingerprint density at radius 3 is 2.23 bits per heavy atom. The van der Waals surface area contributed by atoms with Crippen LogP contribution in [0.5, 0.6) is 0 Å². The van der Waals surface area contributed by atoms with Crippen LogP contribution in [0, 0.1) is 0 Å². The van der Waals surface area contributed by atoms with Crippen LogP contribution in [-0.2, 0) is 22.4 Å². The Bertz CT molecular complexity index is 1160. The Labute approximate surface area is 204 Å². The molecule has 35 heavy (non-hydrogen) atoms. The summed E-state index contributed by atoms with van der Waals surface area (Å²) in [6.45, 7) is 8.29. The first-order chi connectivity index (χ1) is 17.2. The van der Waals surface area contributed by atoms with Gasteiger partial charge in [-0.1, -0.05) is 12.1 Å². The third-order valence-electron chi connectivity index (χ3n) is 6.81. The summed E-state index contributed by atoms with van der Waals surface area (Å²) in [5.41, 5.74) is 11.0. The third-order valence-corrected chi connectivity index (χ3v) is 6.81. The fourth-order valence-electron chi connectivity index (χ4n) is 4.90. The summed E-state index contributed by atoms with van der Waals surface area (Å²) in [5.74, 6) is 1.93. The van der Waals surface area contributed by atoms with Gasteiger partial charge in [0.25, 0.3) is 0 Å². The monoisotopic (exact) mass is 474 g/mol. The van der Waals surface area contributed by atoms with E-state index in [9.17, 15) is 0 Å². The van der Waals surface area contributed by atoms with Gasteiger partial charge in [-0.25, -0.2) is 15.0 Å². The van der Waals surface area contributed by atoms with Crippen LogP contribution < -0.4 is 15.5 Å². The number of nitrogen functional groups attached to an aromatic ring is 1. The molecule has 2 saturated heterocycles. The first-order valence-electron chi connectivity index (χ1n) is 12.2. The molecule has 5 heterocycles. The lowest BCUT2D eigenvalue weighted by atomic mass is 10.1. The predicted octanol–water partition coefficient (Wildman–Crippen LogP) is 1.88. The van der Waals surface area contributed by atoms with E-state index in [0.717, 1.165) is 93.2 Å². The highest BCUT2D eigenvalue weighted by Gasteiger charge is 2.29. The second kappa shape index (κ2) is 9.73. The van der Waals surface area contributed by atoms with Crippen molar-refractivity contribution in [1.29, 1.82) is 0 Å². The molecule has 6 rings (SSSR count). The molecule has 0 radical (unpaired) electrons. The SMILES string of the molecule is Nc1ncc(-c2nc(N3CCOCC3)nc3c2CCN3c2ccc(CN3CCOCC3)cc2)cn1. The standard InChI is InChI=1S/C25H30N8O2/c26-24-27-15-19(16-28-24)22-21-5-6-33(23(21)30-25(29-22)32-9-13-35-14-10-32)20-3-1-18(2-4-20)17-31-7-11-34-12-8-31/h1-4,15-16H,5-14,17H2,(H2,26,27,28). The number of nitrogens with zero attached hydrogens (tertiary/aromatic N) is 7. The van der Waals surface area contributed by atoms with Crippen LogP contribution in [0.4, 0.5) is 23.4 Å². The fourth-order valence-corrected chi connectivity index (χ4v) is 4.90. The van der Waals surface area contributed by atoms with Crippen molar-refractivity contribution >= 4 is 23.4 Å². The van der Waals surface area contributed by atoms with Gasteiger partial charge in [-0.15, -0.1) is 0 Å². The summed E-state index contributed by atoms with van der Waals surface area (Å²) < 4.78 is 11.0. The predicted molar refractivity (Wildman–Crippen MR) is 134 cm³/mol. The number of benzene rings is 1. The molecule has 10 heteroatoms. The molecule has 2 N–H and O–H groups in total. The number of hydrogen-bond acceptors (Lipinski definition) is 10. The van der Waals surface area contributed by atoms with Gasteiger partial charge >= 0.3 is 0 Å². The molecule has 0 aliphatic carbocycles. The lowest BCUT2D eigenvalue weighted by Crippen LogP contribution is -2.37. The number of anilines is 4. The van der Waals surface area contributed by atoms with E-state index >= 15 is 0 Å². The van der Waals surface area contributed by atoms with Crippen LogP contribution in [0.2, 0.25) is 0 Å². The van der Waals surface area contributed by atoms with Gasteiger partial charge in [0, 0.05) is 68.5 Å². The van der Waals surface area contributed by atoms with Crippen LogP contribution in [0.15, 0.2) is 36.7 Å². The molecule has 3 aliphatic heterocycles. The molecule has 2 aromatic heterocycles. The number of morpholine rings is 2. The molecule has 10 nitrogen and oxygen atoms in total. The minimum atomic E-state index is 0.256. The first kappa shape index (κ1) is 22.1. The van der Waals surface area contributed by atoms with E-state index < -0.39 is 0 Å². The van der Waals surface area contributed by atoms with Gasteiger partial charge in [0.05, 0.1) is 32.1 Å². The molecule has 0 saturated carbocycles. The summed E-state index contributed by atoms with van der Waals surface area (Å²) in [6, 6.07) is 8.85. The summed E-state index contributed by atoms with van der Waals surface area (Å²) in [6.07, 6.45) is 4.35. The highest BCUT2D eigenvalue weighted by atomic mass is 16.5. The second-order valence-corrected chi connectivity index (χ2v) is 9.06. The molecule has 182 valence electrons. The highest BCUT2D eigenvalue weighted by molar-refractivity contribution is 5.76. The zero-order valence-electron chi connectivity index (χ0n) is 19.8. The van der Waals surface area contributed by atoms with Crippen LogP contribution in [0.25, 0.3) is 11.3 Å². The number of fused-ring (bicyclic) bond motifs is 1. The van der Waals surface area contributed by atoms with Crippen molar-refractivity contribution in [3.05, 3.63) is 47.8 Å². The quantitative estimate of drug-likeness (QED) is 0.589. The summed E-state index contributed by atoms with van der Waals surface area (Å²) in [5, 5.41) is 0. The van der Waals surface area contributed by atoms with Crippen molar-refractivity contribution < 1.29 is 9.47 Å². The van der Waals surface area contributed by atoms with Gasteiger partial charge in [0.1, 0.15) is 5.82 Å². The van der Waals surface area contributed by atoms with Gasteiger partial charge in [0.2, 0.25) is 11.9 Å². The molecule has 3 aromatic rings. The molecular weight excluding hydrogens is 444 g/mol. The average molecular weight is 475 g/mol. The molecule has 0 unspecified atom stereocenters. The molecule has 1 aromatic carbocycles. The number of rotatable bonds is 5. The highest BCUT2D eigenvalue weighted by Crippen LogP contribution is 2.39. The first-order valence-corrected chi connectivity index (χ1v) is 12.2. The number of aromatic nitrogens is 4. The zero-order chi connectivity index (χ0) is 23.6. The van der Waals surface area contributed by atoms with E-state index in [1.807, 2.05) is 0 Å². The average Bonchev–Trinajstić information content (AvgIpc) is 3.34. The van der Waals surface area contributed by atoms with Crippen molar-refractivity contribution in [1.82, 2.24) is 24.8 Å². The van der Waals surface area contributed by atoms with E-state index in [0.29, 0.717) is 13.2 Å². The topological polar surface area (TPSA) is 106 Å². The number of nitrogens with two attached hydrogens (primary N) is 1. The largest absolute Gasteiger partial charge is 0.379 e. The molecule has 0 amide bonds. The molecular formula is C25H30N8O2. The second-order valence-electron chi connectivity index (χ2n) is 9.06. The molecule has 2 fully saturated rings. The summed E-state index contributed by atoms with van der Waals surface area (Å²) in [7, 11) is 0. The van der Waals surface area contributed by atoms with Crippen LogP contribution in [0.3, 0.4) is 0 Å². The van der Waals surface area contributed by atoms with Crippen LogP contribution in [-0.4, -0.2) is 84.0 Å². The van der Waals surface area contributed by atoms with Crippen molar-refractivity contribution in [2.45, 2.75) is 13.0 Å².